The molecule has 1 heterocycles. The highest BCUT2D eigenvalue weighted by Crippen LogP contribution is 2.23. The number of benzene rings is 1. The maximum absolute atomic E-state index is 11.8. The molecule has 1 aromatic carbocycles. The van der Waals surface area contributed by atoms with E-state index >= 15 is 0 Å². The molecule has 0 aromatic heterocycles. The van der Waals surface area contributed by atoms with E-state index in [1.165, 1.54) is 0 Å². The molecule has 1 saturated heterocycles. The predicted octanol–water partition coefficient (Wildman–Crippen LogP) is 2.07. The molecule has 1 aliphatic heterocycles. The number of anilines is 1. The monoisotopic (exact) mass is 346 g/mol. The van der Waals surface area contributed by atoms with Gasteiger partial charge in [0.2, 0.25) is 0 Å². The summed E-state index contributed by atoms with van der Waals surface area (Å²) in [6, 6.07) is 4.85. The number of hydrogen-bond acceptors (Lipinski definition) is 3. The lowest BCUT2D eigenvalue weighted by molar-refractivity contribution is 0.249. The molecule has 0 saturated carbocycles. The number of carbonyl (C=O) groups excluding carboxylic acids is 1. The third-order valence-electron chi connectivity index (χ3n) is 3.08. The van der Waals surface area contributed by atoms with Gasteiger partial charge in [-0.05, 0) is 31.0 Å². The Kier molecular flexibility index (Phi) is 4.15. The first-order chi connectivity index (χ1) is 8.87. The second-order valence-electron chi connectivity index (χ2n) is 4.61. The molecular weight excluding hydrogens is 332 g/mol. The van der Waals surface area contributed by atoms with Gasteiger partial charge in [0.25, 0.3) is 0 Å². The average molecular weight is 347 g/mol. The molecule has 0 aliphatic carbocycles. The summed E-state index contributed by atoms with van der Waals surface area (Å²) in [5, 5.41) is 5.42. The Morgan fingerprint density at radius 2 is 2.16 bits per heavy atom. The standard InChI is InChI=1S/C12H15BrN2O3S/c1-8-10(13)3-2-4-11(8)15-12(16)14-9-5-6-19(17,18)7-9/h2-4,9H,5-7H2,1H3,(H2,14,15,16)/t9-/m0/s1. The van der Waals surface area contributed by atoms with Crippen molar-refractivity contribution < 1.29 is 13.2 Å². The van der Waals surface area contributed by atoms with Gasteiger partial charge < -0.3 is 10.6 Å². The van der Waals surface area contributed by atoms with Gasteiger partial charge in [0.15, 0.2) is 9.84 Å². The second-order valence-corrected chi connectivity index (χ2v) is 7.69. The molecule has 0 spiro atoms. The van der Waals surface area contributed by atoms with Crippen LogP contribution in [-0.4, -0.2) is 32.0 Å². The maximum Gasteiger partial charge on any atom is 0.319 e. The van der Waals surface area contributed by atoms with E-state index in [1.54, 1.807) is 6.07 Å². The van der Waals surface area contributed by atoms with E-state index in [-0.39, 0.29) is 23.6 Å². The van der Waals surface area contributed by atoms with Crippen molar-refractivity contribution in [3.8, 4) is 0 Å². The molecule has 2 amide bonds. The Hall–Kier alpha value is -1.08. The molecule has 2 rings (SSSR count). The topological polar surface area (TPSA) is 75.3 Å². The van der Waals surface area contributed by atoms with Crippen molar-refractivity contribution >= 4 is 37.5 Å². The lowest BCUT2D eigenvalue weighted by atomic mass is 10.2. The quantitative estimate of drug-likeness (QED) is 0.860. The Morgan fingerprint density at radius 3 is 2.79 bits per heavy atom. The molecule has 1 aromatic rings. The summed E-state index contributed by atoms with van der Waals surface area (Å²) in [6.07, 6.45) is 0.479. The molecule has 0 unspecified atom stereocenters. The first-order valence-corrected chi connectivity index (χ1v) is 8.52. The van der Waals surface area contributed by atoms with Crippen molar-refractivity contribution in [2.45, 2.75) is 19.4 Å². The number of nitrogens with one attached hydrogen (secondary N) is 2. The SMILES string of the molecule is Cc1c(Br)cccc1NC(=O)N[C@H]1CCS(=O)(=O)C1. The first kappa shape index (κ1) is 14.3. The van der Waals surface area contributed by atoms with Crippen LogP contribution in [0, 0.1) is 6.92 Å². The lowest BCUT2D eigenvalue weighted by Crippen LogP contribution is -2.38. The summed E-state index contributed by atoms with van der Waals surface area (Å²) >= 11 is 3.39. The van der Waals surface area contributed by atoms with Gasteiger partial charge in [-0.15, -0.1) is 0 Å². The maximum atomic E-state index is 11.8. The third kappa shape index (κ3) is 3.70. The smallest absolute Gasteiger partial charge is 0.319 e. The molecule has 1 atom stereocenters. The highest BCUT2D eigenvalue weighted by molar-refractivity contribution is 9.10. The van der Waals surface area contributed by atoms with Crippen molar-refractivity contribution in [1.82, 2.24) is 5.32 Å². The van der Waals surface area contributed by atoms with Crippen LogP contribution in [0.3, 0.4) is 0 Å². The zero-order chi connectivity index (χ0) is 14.0. The van der Waals surface area contributed by atoms with Crippen molar-refractivity contribution in [3.63, 3.8) is 0 Å². The number of urea groups is 1. The van der Waals surface area contributed by atoms with Crippen LogP contribution in [0.5, 0.6) is 0 Å². The number of sulfone groups is 1. The van der Waals surface area contributed by atoms with E-state index in [4.69, 9.17) is 0 Å². The number of halogens is 1. The van der Waals surface area contributed by atoms with Crippen LogP contribution in [0.15, 0.2) is 22.7 Å². The molecule has 1 fully saturated rings. The zero-order valence-electron chi connectivity index (χ0n) is 10.4. The normalized spacial score (nSPS) is 21.1. The van der Waals surface area contributed by atoms with Crippen LogP contribution in [0.1, 0.15) is 12.0 Å². The molecule has 0 radical (unpaired) electrons. The van der Waals surface area contributed by atoms with Crippen LogP contribution < -0.4 is 10.6 Å². The van der Waals surface area contributed by atoms with Crippen LogP contribution >= 0.6 is 15.9 Å². The summed E-state index contributed by atoms with van der Waals surface area (Å²) in [6.45, 7) is 1.89. The van der Waals surface area contributed by atoms with E-state index in [2.05, 4.69) is 26.6 Å². The fourth-order valence-electron chi connectivity index (χ4n) is 2.00. The van der Waals surface area contributed by atoms with Gasteiger partial charge in [-0.3, -0.25) is 0 Å². The molecular formula is C12H15BrN2O3S. The Labute approximate surface area is 120 Å². The van der Waals surface area contributed by atoms with Crippen LogP contribution in [0.4, 0.5) is 10.5 Å². The number of amides is 2. The average Bonchev–Trinajstić information content (AvgIpc) is 2.64. The van der Waals surface area contributed by atoms with Crippen LogP contribution in [0.2, 0.25) is 0 Å². The first-order valence-electron chi connectivity index (χ1n) is 5.90. The second kappa shape index (κ2) is 5.50. The predicted molar refractivity (Wildman–Crippen MR) is 78.1 cm³/mol. The van der Waals surface area contributed by atoms with Gasteiger partial charge in [0.1, 0.15) is 0 Å². The summed E-state index contributed by atoms with van der Waals surface area (Å²) in [4.78, 5) is 11.8. The van der Waals surface area contributed by atoms with E-state index in [0.29, 0.717) is 12.1 Å². The number of rotatable bonds is 2. The molecule has 7 heteroatoms. The fraction of sp³-hybridized carbons (Fsp3) is 0.417. The minimum absolute atomic E-state index is 0.0257. The molecule has 0 bridgehead atoms. The van der Waals surface area contributed by atoms with Gasteiger partial charge in [-0.25, -0.2) is 13.2 Å². The van der Waals surface area contributed by atoms with Gasteiger partial charge in [0.05, 0.1) is 11.5 Å². The number of hydrogen-bond donors (Lipinski definition) is 2. The van der Waals surface area contributed by atoms with Crippen molar-refractivity contribution in [2.24, 2.45) is 0 Å². The van der Waals surface area contributed by atoms with Crippen molar-refractivity contribution in [1.29, 1.82) is 0 Å². The molecule has 1 aliphatic rings. The summed E-state index contributed by atoms with van der Waals surface area (Å²) in [5.74, 6) is 0.172. The summed E-state index contributed by atoms with van der Waals surface area (Å²) in [7, 11) is -2.98. The third-order valence-corrected chi connectivity index (χ3v) is 5.71. The lowest BCUT2D eigenvalue weighted by Gasteiger charge is -2.14. The van der Waals surface area contributed by atoms with Gasteiger partial charge in [-0.2, -0.15) is 0 Å². The van der Waals surface area contributed by atoms with Crippen LogP contribution in [-0.2, 0) is 9.84 Å². The molecule has 104 valence electrons. The highest BCUT2D eigenvalue weighted by atomic mass is 79.9. The zero-order valence-corrected chi connectivity index (χ0v) is 12.8. The van der Waals surface area contributed by atoms with Gasteiger partial charge >= 0.3 is 6.03 Å². The van der Waals surface area contributed by atoms with Crippen molar-refractivity contribution in [2.75, 3.05) is 16.8 Å². The van der Waals surface area contributed by atoms with E-state index < -0.39 is 9.84 Å². The molecule has 2 N–H and O–H groups in total. The largest absolute Gasteiger partial charge is 0.334 e. The Balaban J connectivity index is 1.97. The minimum Gasteiger partial charge on any atom is -0.334 e. The van der Waals surface area contributed by atoms with Crippen LogP contribution in [0.25, 0.3) is 0 Å². The fourth-order valence-corrected chi connectivity index (χ4v) is 4.04. The molecule has 19 heavy (non-hydrogen) atoms. The van der Waals surface area contributed by atoms with Gasteiger partial charge in [0, 0.05) is 16.2 Å². The van der Waals surface area contributed by atoms with E-state index in [1.807, 2.05) is 19.1 Å². The highest BCUT2D eigenvalue weighted by Gasteiger charge is 2.28. The summed E-state index contributed by atoms with van der Waals surface area (Å²) in [5.41, 5.74) is 1.63. The van der Waals surface area contributed by atoms with E-state index in [0.717, 1.165) is 10.0 Å². The van der Waals surface area contributed by atoms with Crippen molar-refractivity contribution in [3.05, 3.63) is 28.2 Å². The Bertz CT molecular complexity index is 601. The molecule has 5 nitrogen and oxygen atoms in total. The summed E-state index contributed by atoms with van der Waals surface area (Å²) < 4.78 is 23.5. The Morgan fingerprint density at radius 1 is 1.42 bits per heavy atom. The number of carbonyl (C=O) groups is 1. The van der Waals surface area contributed by atoms with E-state index in [9.17, 15) is 13.2 Å². The van der Waals surface area contributed by atoms with Gasteiger partial charge in [-0.1, -0.05) is 22.0 Å². The minimum atomic E-state index is -2.98.